The summed E-state index contributed by atoms with van der Waals surface area (Å²) < 4.78 is 15.2. The summed E-state index contributed by atoms with van der Waals surface area (Å²) in [5, 5.41) is 7.86. The van der Waals surface area contributed by atoms with Crippen molar-refractivity contribution >= 4 is 16.9 Å². The van der Waals surface area contributed by atoms with Crippen LogP contribution in [0.4, 0.5) is 4.39 Å². The molecule has 4 aromatic rings. The molecule has 1 aromatic carbocycles. The van der Waals surface area contributed by atoms with Crippen LogP contribution in [0.2, 0.25) is 0 Å². The molecule has 1 amide bonds. The van der Waals surface area contributed by atoms with Gasteiger partial charge in [-0.2, -0.15) is 5.10 Å². The Balaban J connectivity index is 1.76. The molecule has 0 saturated heterocycles. The lowest BCUT2D eigenvalue weighted by Crippen LogP contribution is -2.28. The molecular weight excluding hydrogens is 409 g/mol. The van der Waals surface area contributed by atoms with Crippen LogP contribution < -0.4 is 10.9 Å². The van der Waals surface area contributed by atoms with Gasteiger partial charge in [0.1, 0.15) is 5.82 Å². The van der Waals surface area contributed by atoms with Crippen molar-refractivity contribution in [3.05, 3.63) is 81.2 Å². The average molecular weight is 433 g/mol. The topological polar surface area (TPSA) is 92.7 Å². The van der Waals surface area contributed by atoms with Crippen LogP contribution >= 0.6 is 0 Å². The third-order valence-electron chi connectivity index (χ3n) is 5.36. The molecule has 164 valence electrons. The number of aromatic nitrogens is 4. The van der Waals surface area contributed by atoms with Gasteiger partial charge in [-0.25, -0.2) is 14.1 Å². The SMILES string of the molecule is Cc1cc(C)c(CNC(=O)c2cc(-c3ccc(F)cc3)nc3c2cnn3C(C)C)c(=O)[nH]1. The van der Waals surface area contributed by atoms with Crippen LogP contribution in [-0.4, -0.2) is 25.7 Å². The highest BCUT2D eigenvalue weighted by Gasteiger charge is 2.19. The highest BCUT2D eigenvalue weighted by atomic mass is 19.1. The summed E-state index contributed by atoms with van der Waals surface area (Å²) in [4.78, 5) is 33.0. The van der Waals surface area contributed by atoms with Gasteiger partial charge in [-0.1, -0.05) is 0 Å². The number of halogens is 1. The summed E-state index contributed by atoms with van der Waals surface area (Å²) in [6.07, 6.45) is 1.62. The maximum atomic E-state index is 13.4. The molecule has 32 heavy (non-hydrogen) atoms. The highest BCUT2D eigenvalue weighted by Crippen LogP contribution is 2.26. The Labute approximate surface area is 184 Å². The van der Waals surface area contributed by atoms with Crippen molar-refractivity contribution in [3.8, 4) is 11.3 Å². The molecule has 0 radical (unpaired) electrons. The van der Waals surface area contributed by atoms with E-state index in [1.54, 1.807) is 29.1 Å². The van der Waals surface area contributed by atoms with E-state index in [1.165, 1.54) is 12.1 Å². The van der Waals surface area contributed by atoms with Crippen molar-refractivity contribution in [1.29, 1.82) is 0 Å². The minimum atomic E-state index is -0.348. The third-order valence-corrected chi connectivity index (χ3v) is 5.36. The van der Waals surface area contributed by atoms with Crippen LogP contribution in [0.15, 0.2) is 47.4 Å². The standard InChI is InChI=1S/C24H24FN5O2/c1-13(2)30-22-20(12-27-30)18(10-21(29-22)16-5-7-17(25)8-6-16)23(31)26-11-19-14(3)9-15(4)28-24(19)32/h5-10,12-13H,11H2,1-4H3,(H,26,31)(H,28,32). The summed E-state index contributed by atoms with van der Waals surface area (Å²) in [7, 11) is 0. The first kappa shape index (κ1) is 21.4. The number of benzene rings is 1. The summed E-state index contributed by atoms with van der Waals surface area (Å²) in [5.74, 6) is -0.692. The van der Waals surface area contributed by atoms with E-state index in [-0.39, 0.29) is 29.9 Å². The maximum Gasteiger partial charge on any atom is 0.253 e. The number of aromatic amines is 1. The Hall–Kier alpha value is -3.81. The number of H-pyrrole nitrogens is 1. The Morgan fingerprint density at radius 3 is 2.56 bits per heavy atom. The maximum absolute atomic E-state index is 13.4. The number of aryl methyl sites for hydroxylation is 2. The minimum absolute atomic E-state index is 0.0353. The molecule has 0 unspecified atom stereocenters. The first-order valence-corrected chi connectivity index (χ1v) is 10.4. The van der Waals surface area contributed by atoms with Gasteiger partial charge in [0.05, 0.1) is 22.8 Å². The van der Waals surface area contributed by atoms with Crippen LogP contribution in [0.5, 0.6) is 0 Å². The van der Waals surface area contributed by atoms with Gasteiger partial charge in [0.15, 0.2) is 5.65 Å². The number of nitrogens with zero attached hydrogens (tertiary/aromatic N) is 3. The Kier molecular flexibility index (Phi) is 5.61. The number of pyridine rings is 2. The van der Waals surface area contributed by atoms with Gasteiger partial charge in [-0.15, -0.1) is 0 Å². The average Bonchev–Trinajstić information content (AvgIpc) is 3.17. The molecule has 0 saturated carbocycles. The van der Waals surface area contributed by atoms with Crippen LogP contribution in [0.3, 0.4) is 0 Å². The fraction of sp³-hybridized carbons (Fsp3) is 0.250. The lowest BCUT2D eigenvalue weighted by Gasteiger charge is -2.12. The second-order valence-electron chi connectivity index (χ2n) is 8.11. The van der Waals surface area contributed by atoms with Crippen LogP contribution in [0, 0.1) is 19.7 Å². The van der Waals surface area contributed by atoms with Gasteiger partial charge < -0.3 is 10.3 Å². The zero-order valence-corrected chi connectivity index (χ0v) is 18.4. The van der Waals surface area contributed by atoms with Gasteiger partial charge in [-0.3, -0.25) is 9.59 Å². The van der Waals surface area contributed by atoms with E-state index in [1.807, 2.05) is 33.8 Å². The quantitative estimate of drug-likeness (QED) is 0.497. The van der Waals surface area contributed by atoms with Gasteiger partial charge in [-0.05, 0) is 69.7 Å². The minimum Gasteiger partial charge on any atom is -0.348 e. The number of carbonyl (C=O) groups is 1. The zero-order chi connectivity index (χ0) is 23.0. The molecule has 3 heterocycles. The van der Waals surface area contributed by atoms with Crippen LogP contribution in [0.1, 0.15) is 47.1 Å². The van der Waals surface area contributed by atoms with Gasteiger partial charge in [0.2, 0.25) is 0 Å². The Morgan fingerprint density at radius 2 is 1.91 bits per heavy atom. The number of hydrogen-bond acceptors (Lipinski definition) is 4. The van der Waals surface area contributed by atoms with Gasteiger partial charge in [0.25, 0.3) is 11.5 Å². The molecule has 0 aliphatic rings. The lowest BCUT2D eigenvalue weighted by atomic mass is 10.1. The normalized spacial score (nSPS) is 11.3. The Morgan fingerprint density at radius 1 is 1.19 bits per heavy atom. The molecule has 3 aromatic heterocycles. The largest absolute Gasteiger partial charge is 0.348 e. The molecule has 0 aliphatic carbocycles. The lowest BCUT2D eigenvalue weighted by molar-refractivity contribution is 0.0952. The molecule has 4 rings (SSSR count). The molecular formula is C24H24FN5O2. The molecule has 0 spiro atoms. The monoisotopic (exact) mass is 433 g/mol. The Bertz CT molecular complexity index is 1370. The number of hydrogen-bond donors (Lipinski definition) is 2. The van der Waals surface area contributed by atoms with E-state index in [4.69, 9.17) is 4.98 Å². The van der Waals surface area contributed by atoms with E-state index in [2.05, 4.69) is 15.4 Å². The number of fused-ring (bicyclic) bond motifs is 1. The molecule has 0 atom stereocenters. The summed E-state index contributed by atoms with van der Waals surface area (Å²) in [5.41, 5.74) is 4.04. The fourth-order valence-corrected chi connectivity index (χ4v) is 3.72. The number of rotatable bonds is 5. The van der Waals surface area contributed by atoms with Crippen molar-refractivity contribution in [2.45, 2.75) is 40.3 Å². The number of nitrogens with one attached hydrogen (secondary N) is 2. The number of carbonyl (C=O) groups excluding carboxylic acids is 1. The van der Waals surface area contributed by atoms with E-state index in [0.717, 1.165) is 11.3 Å². The molecule has 0 bridgehead atoms. The van der Waals surface area contributed by atoms with Crippen molar-refractivity contribution in [2.24, 2.45) is 0 Å². The molecule has 0 aliphatic heterocycles. The highest BCUT2D eigenvalue weighted by molar-refractivity contribution is 6.06. The molecule has 0 fully saturated rings. The van der Waals surface area contributed by atoms with E-state index < -0.39 is 0 Å². The molecule has 2 N–H and O–H groups in total. The van der Waals surface area contributed by atoms with Crippen molar-refractivity contribution in [2.75, 3.05) is 0 Å². The smallest absolute Gasteiger partial charge is 0.253 e. The van der Waals surface area contributed by atoms with Crippen molar-refractivity contribution in [1.82, 2.24) is 25.1 Å². The second-order valence-corrected chi connectivity index (χ2v) is 8.11. The van der Waals surface area contributed by atoms with Crippen molar-refractivity contribution < 1.29 is 9.18 Å². The van der Waals surface area contributed by atoms with E-state index >= 15 is 0 Å². The number of amides is 1. The summed E-state index contributed by atoms with van der Waals surface area (Å²) >= 11 is 0. The second kappa shape index (κ2) is 8.37. The fourth-order valence-electron chi connectivity index (χ4n) is 3.72. The first-order valence-electron chi connectivity index (χ1n) is 10.4. The predicted molar refractivity (Wildman–Crippen MR) is 121 cm³/mol. The third kappa shape index (κ3) is 4.03. The van der Waals surface area contributed by atoms with Crippen molar-refractivity contribution in [3.63, 3.8) is 0 Å². The first-order chi connectivity index (χ1) is 15.2. The summed E-state index contributed by atoms with van der Waals surface area (Å²) in [6, 6.07) is 9.52. The summed E-state index contributed by atoms with van der Waals surface area (Å²) in [6.45, 7) is 7.70. The zero-order valence-electron chi connectivity index (χ0n) is 18.4. The van der Waals surface area contributed by atoms with E-state index in [9.17, 15) is 14.0 Å². The van der Waals surface area contributed by atoms with Gasteiger partial charge in [0, 0.05) is 29.4 Å². The van der Waals surface area contributed by atoms with Crippen LogP contribution in [0.25, 0.3) is 22.3 Å². The van der Waals surface area contributed by atoms with Gasteiger partial charge >= 0.3 is 0 Å². The molecule has 8 heteroatoms. The molecule has 7 nitrogen and oxygen atoms in total. The van der Waals surface area contributed by atoms with E-state index in [0.29, 0.717) is 33.4 Å². The van der Waals surface area contributed by atoms with Crippen LogP contribution in [-0.2, 0) is 6.54 Å². The predicted octanol–water partition coefficient (Wildman–Crippen LogP) is 4.05.